The molecule has 0 aliphatic carbocycles. The Morgan fingerprint density at radius 1 is 1.18 bits per heavy atom. The van der Waals surface area contributed by atoms with Gasteiger partial charge in [0.2, 0.25) is 0 Å². The van der Waals surface area contributed by atoms with Gasteiger partial charge in [-0.2, -0.15) is 0 Å². The first-order valence-electron chi connectivity index (χ1n) is 6.46. The molecule has 0 fully saturated rings. The predicted octanol–water partition coefficient (Wildman–Crippen LogP) is 2.62. The molecular weight excluding hydrogens is 214 g/mol. The van der Waals surface area contributed by atoms with Crippen molar-refractivity contribution in [2.75, 3.05) is 19.8 Å². The summed E-state index contributed by atoms with van der Waals surface area (Å²) in [6.45, 7) is 6.84. The van der Waals surface area contributed by atoms with Crippen LogP contribution in [0.1, 0.15) is 43.4 Å². The first-order valence-corrected chi connectivity index (χ1v) is 6.46. The van der Waals surface area contributed by atoms with Gasteiger partial charge in [0.1, 0.15) is 13.2 Å². The lowest BCUT2D eigenvalue weighted by Crippen LogP contribution is -2.32. The van der Waals surface area contributed by atoms with Gasteiger partial charge in [-0.3, -0.25) is 0 Å². The predicted molar refractivity (Wildman–Crippen MR) is 66.9 cm³/mol. The molecule has 0 amide bonds. The van der Waals surface area contributed by atoms with E-state index in [1.165, 1.54) is 11.1 Å². The third-order valence-corrected chi connectivity index (χ3v) is 3.73. The normalized spacial score (nSPS) is 26.5. The molecule has 0 saturated heterocycles. The third-order valence-electron chi connectivity index (χ3n) is 3.73. The summed E-state index contributed by atoms with van der Waals surface area (Å²) in [7, 11) is 0. The molecule has 1 aromatic rings. The van der Waals surface area contributed by atoms with Gasteiger partial charge in [0, 0.05) is 12.6 Å². The fourth-order valence-corrected chi connectivity index (χ4v) is 2.75. The Bertz CT molecular complexity index is 430. The maximum Gasteiger partial charge on any atom is 0.161 e. The fraction of sp³-hybridized carbons (Fsp3) is 0.571. The Labute approximate surface area is 102 Å². The Morgan fingerprint density at radius 3 is 2.47 bits per heavy atom. The van der Waals surface area contributed by atoms with E-state index in [9.17, 15) is 0 Å². The van der Waals surface area contributed by atoms with Gasteiger partial charge in [-0.05, 0) is 35.6 Å². The quantitative estimate of drug-likeness (QED) is 0.808. The van der Waals surface area contributed by atoms with Crippen molar-refractivity contribution in [3.63, 3.8) is 0 Å². The molecule has 92 valence electrons. The Balaban J connectivity index is 2.08. The number of hydrogen-bond donors (Lipinski definition) is 1. The number of benzene rings is 1. The maximum absolute atomic E-state index is 5.66. The molecule has 2 unspecified atom stereocenters. The van der Waals surface area contributed by atoms with E-state index in [-0.39, 0.29) is 0 Å². The minimum absolute atomic E-state index is 0.456. The molecule has 3 nitrogen and oxygen atoms in total. The third kappa shape index (κ3) is 1.78. The van der Waals surface area contributed by atoms with Crippen molar-refractivity contribution < 1.29 is 9.47 Å². The molecule has 2 atom stereocenters. The van der Waals surface area contributed by atoms with Crippen LogP contribution in [0.15, 0.2) is 12.1 Å². The smallest absolute Gasteiger partial charge is 0.161 e. The molecule has 0 radical (unpaired) electrons. The van der Waals surface area contributed by atoms with Crippen LogP contribution in [0.4, 0.5) is 0 Å². The van der Waals surface area contributed by atoms with Crippen molar-refractivity contribution in [2.24, 2.45) is 0 Å². The van der Waals surface area contributed by atoms with Gasteiger partial charge < -0.3 is 14.8 Å². The van der Waals surface area contributed by atoms with Crippen LogP contribution in [0.2, 0.25) is 0 Å². The van der Waals surface area contributed by atoms with E-state index < -0.39 is 0 Å². The van der Waals surface area contributed by atoms with Crippen LogP contribution in [0.25, 0.3) is 0 Å². The highest BCUT2D eigenvalue weighted by atomic mass is 16.6. The number of rotatable bonds is 1. The first-order chi connectivity index (χ1) is 8.29. The summed E-state index contributed by atoms with van der Waals surface area (Å²) in [5.74, 6) is 2.37. The monoisotopic (exact) mass is 233 g/mol. The van der Waals surface area contributed by atoms with Gasteiger partial charge in [0.05, 0.1) is 0 Å². The second kappa shape index (κ2) is 4.22. The number of hydrogen-bond acceptors (Lipinski definition) is 3. The number of nitrogens with one attached hydrogen (secondary N) is 1. The van der Waals surface area contributed by atoms with Crippen molar-refractivity contribution in [1.29, 1.82) is 0 Å². The van der Waals surface area contributed by atoms with Crippen molar-refractivity contribution in [2.45, 2.75) is 32.2 Å². The lowest BCUT2D eigenvalue weighted by molar-refractivity contribution is 0.170. The highest BCUT2D eigenvalue weighted by Gasteiger charge is 2.26. The van der Waals surface area contributed by atoms with Gasteiger partial charge in [0.25, 0.3) is 0 Å². The van der Waals surface area contributed by atoms with Gasteiger partial charge in [0.15, 0.2) is 11.5 Å². The molecule has 2 aliphatic rings. The summed E-state index contributed by atoms with van der Waals surface area (Å²) in [5.41, 5.74) is 2.80. The SMILES string of the molecule is CCC1NCC(C)c2cc3c(cc21)OCCO3. The van der Waals surface area contributed by atoms with Crippen LogP contribution < -0.4 is 14.8 Å². The van der Waals surface area contributed by atoms with Crippen LogP contribution in [0.3, 0.4) is 0 Å². The Morgan fingerprint density at radius 2 is 1.82 bits per heavy atom. The van der Waals surface area contributed by atoms with Crippen molar-refractivity contribution >= 4 is 0 Å². The average Bonchev–Trinajstić information content (AvgIpc) is 2.38. The highest BCUT2D eigenvalue weighted by Crippen LogP contribution is 2.40. The van der Waals surface area contributed by atoms with Crippen molar-refractivity contribution in [3.8, 4) is 11.5 Å². The zero-order valence-corrected chi connectivity index (χ0v) is 10.5. The molecule has 1 N–H and O–H groups in total. The molecular formula is C14H19NO2. The molecule has 2 heterocycles. The molecule has 3 heteroatoms. The van der Waals surface area contributed by atoms with Gasteiger partial charge in [-0.25, -0.2) is 0 Å². The van der Waals surface area contributed by atoms with E-state index >= 15 is 0 Å². The summed E-state index contributed by atoms with van der Waals surface area (Å²) < 4.78 is 11.3. The second-order valence-electron chi connectivity index (χ2n) is 4.89. The van der Waals surface area contributed by atoms with E-state index in [4.69, 9.17) is 9.47 Å². The molecule has 0 bridgehead atoms. The van der Waals surface area contributed by atoms with Crippen LogP contribution in [0.5, 0.6) is 11.5 Å². The van der Waals surface area contributed by atoms with E-state index in [1.807, 2.05) is 0 Å². The molecule has 2 aliphatic heterocycles. The van der Waals surface area contributed by atoms with Crippen LogP contribution >= 0.6 is 0 Å². The fourth-order valence-electron chi connectivity index (χ4n) is 2.75. The zero-order chi connectivity index (χ0) is 11.8. The summed E-state index contributed by atoms with van der Waals surface area (Å²) in [4.78, 5) is 0. The Kier molecular flexibility index (Phi) is 2.71. The molecule has 3 rings (SSSR count). The van der Waals surface area contributed by atoms with Crippen molar-refractivity contribution in [1.82, 2.24) is 5.32 Å². The standard InChI is InChI=1S/C14H19NO2/c1-3-12-11-7-14-13(16-4-5-17-14)6-10(11)9(2)8-15-12/h6-7,9,12,15H,3-5,8H2,1-2H3. The first kappa shape index (κ1) is 10.9. The largest absolute Gasteiger partial charge is 0.486 e. The summed E-state index contributed by atoms with van der Waals surface area (Å²) in [6.07, 6.45) is 1.11. The molecule has 0 spiro atoms. The van der Waals surface area contributed by atoms with Crippen LogP contribution in [0, 0.1) is 0 Å². The second-order valence-corrected chi connectivity index (χ2v) is 4.89. The molecule has 0 saturated carbocycles. The van der Waals surface area contributed by atoms with Gasteiger partial charge in [-0.1, -0.05) is 13.8 Å². The van der Waals surface area contributed by atoms with Gasteiger partial charge in [-0.15, -0.1) is 0 Å². The van der Waals surface area contributed by atoms with Crippen LogP contribution in [-0.2, 0) is 0 Å². The molecule has 0 aromatic heterocycles. The minimum atomic E-state index is 0.456. The summed E-state index contributed by atoms with van der Waals surface area (Å²) in [6, 6.07) is 4.80. The molecule has 17 heavy (non-hydrogen) atoms. The summed E-state index contributed by atoms with van der Waals surface area (Å²) >= 11 is 0. The highest BCUT2D eigenvalue weighted by molar-refractivity contribution is 5.51. The van der Waals surface area contributed by atoms with E-state index in [0.29, 0.717) is 25.2 Å². The molecule has 1 aromatic carbocycles. The zero-order valence-electron chi connectivity index (χ0n) is 10.5. The topological polar surface area (TPSA) is 30.5 Å². The average molecular weight is 233 g/mol. The summed E-state index contributed by atoms with van der Waals surface area (Å²) in [5, 5.41) is 3.59. The Hall–Kier alpha value is -1.22. The lowest BCUT2D eigenvalue weighted by atomic mass is 9.86. The lowest BCUT2D eigenvalue weighted by Gasteiger charge is -2.32. The van der Waals surface area contributed by atoms with Gasteiger partial charge >= 0.3 is 0 Å². The van der Waals surface area contributed by atoms with E-state index in [0.717, 1.165) is 24.5 Å². The van der Waals surface area contributed by atoms with E-state index in [1.54, 1.807) is 0 Å². The number of ether oxygens (including phenoxy) is 2. The minimum Gasteiger partial charge on any atom is -0.486 e. The van der Waals surface area contributed by atoms with Crippen LogP contribution in [-0.4, -0.2) is 19.8 Å². The maximum atomic E-state index is 5.66. The number of fused-ring (bicyclic) bond motifs is 2. The van der Waals surface area contributed by atoms with E-state index in [2.05, 4.69) is 31.3 Å². The van der Waals surface area contributed by atoms with Crippen molar-refractivity contribution in [3.05, 3.63) is 23.3 Å².